The third-order valence-electron chi connectivity index (χ3n) is 5.33. The summed E-state index contributed by atoms with van der Waals surface area (Å²) in [7, 11) is 0. The molecule has 0 amide bonds. The monoisotopic (exact) mass is 440 g/mol. The van der Waals surface area contributed by atoms with E-state index in [0.717, 1.165) is 57.7 Å². The first kappa shape index (κ1) is 25.9. The summed E-state index contributed by atoms with van der Waals surface area (Å²) in [6, 6.07) is 20.5. The normalized spacial score (nSPS) is 17.0. The van der Waals surface area contributed by atoms with Gasteiger partial charge in [0.25, 0.3) is 0 Å². The quantitative estimate of drug-likeness (QED) is 0.634. The lowest BCUT2D eigenvalue weighted by molar-refractivity contribution is -0.0719. The lowest BCUT2D eigenvalue weighted by Gasteiger charge is -2.39. The fraction of sp³-hybridized carbons (Fsp3) is 0.478. The molecule has 2 unspecified atom stereocenters. The van der Waals surface area contributed by atoms with Crippen molar-refractivity contribution in [3.8, 4) is 0 Å². The Bertz CT molecular complexity index is 652. The van der Waals surface area contributed by atoms with Crippen LogP contribution < -0.4 is 0 Å². The molecule has 3 rings (SSSR count). The van der Waals surface area contributed by atoms with Gasteiger partial charge in [-0.25, -0.2) is 0 Å². The molecule has 2 atom stereocenters. The maximum absolute atomic E-state index is 10.4. The van der Waals surface area contributed by atoms with Crippen LogP contribution in [0.5, 0.6) is 0 Å². The van der Waals surface area contributed by atoms with Crippen molar-refractivity contribution >= 4 is 24.8 Å². The minimum absolute atomic E-state index is 0. The van der Waals surface area contributed by atoms with E-state index in [2.05, 4.69) is 47.1 Å². The number of aliphatic hydroxyl groups is 1. The van der Waals surface area contributed by atoms with Crippen LogP contribution in [-0.4, -0.2) is 60.5 Å². The van der Waals surface area contributed by atoms with E-state index in [4.69, 9.17) is 4.74 Å². The minimum atomic E-state index is -0.376. The van der Waals surface area contributed by atoms with Gasteiger partial charge in [-0.3, -0.25) is 4.90 Å². The van der Waals surface area contributed by atoms with Crippen molar-refractivity contribution in [3.05, 3.63) is 71.8 Å². The summed E-state index contributed by atoms with van der Waals surface area (Å²) in [5.74, 6) is 0. The Hall–Kier alpha value is -1.14. The van der Waals surface area contributed by atoms with Crippen LogP contribution in [0.25, 0.3) is 0 Å². The first-order valence-electron chi connectivity index (χ1n) is 10.1. The number of hydrogen-bond acceptors (Lipinski definition) is 4. The molecule has 0 spiro atoms. The Kier molecular flexibility index (Phi) is 12.5. The molecule has 1 saturated heterocycles. The maximum Gasteiger partial charge on any atom is 0.114 e. The van der Waals surface area contributed by atoms with E-state index in [-0.39, 0.29) is 37.1 Å². The Morgan fingerprint density at radius 2 is 1.48 bits per heavy atom. The minimum Gasteiger partial charge on any atom is -0.388 e. The molecule has 6 heteroatoms. The van der Waals surface area contributed by atoms with Gasteiger partial charge < -0.3 is 14.7 Å². The highest BCUT2D eigenvalue weighted by molar-refractivity contribution is 5.85. The number of benzene rings is 2. The van der Waals surface area contributed by atoms with Crippen LogP contribution in [-0.2, 0) is 11.2 Å². The van der Waals surface area contributed by atoms with Crippen molar-refractivity contribution in [2.24, 2.45) is 0 Å². The molecule has 4 nitrogen and oxygen atoms in total. The fourth-order valence-electron chi connectivity index (χ4n) is 3.72. The zero-order valence-corrected chi connectivity index (χ0v) is 18.8. The fourth-order valence-corrected chi connectivity index (χ4v) is 3.72. The molecule has 0 radical (unpaired) electrons. The van der Waals surface area contributed by atoms with E-state index >= 15 is 0 Å². The topological polar surface area (TPSA) is 35.9 Å². The van der Waals surface area contributed by atoms with Crippen LogP contribution in [0.4, 0.5) is 0 Å². The second kappa shape index (κ2) is 14.0. The van der Waals surface area contributed by atoms with Gasteiger partial charge in [0.15, 0.2) is 0 Å². The highest BCUT2D eigenvalue weighted by atomic mass is 35.5. The molecule has 1 heterocycles. The molecule has 1 aliphatic rings. The van der Waals surface area contributed by atoms with Crippen molar-refractivity contribution < 1.29 is 9.84 Å². The molecule has 29 heavy (non-hydrogen) atoms. The highest BCUT2D eigenvalue weighted by Crippen LogP contribution is 2.18. The van der Waals surface area contributed by atoms with Gasteiger partial charge in [0.1, 0.15) is 6.23 Å². The highest BCUT2D eigenvalue weighted by Gasteiger charge is 2.24. The van der Waals surface area contributed by atoms with E-state index in [1.54, 1.807) is 0 Å². The number of nitrogens with zero attached hydrogens (tertiary/aromatic N) is 2. The van der Waals surface area contributed by atoms with Gasteiger partial charge >= 0.3 is 0 Å². The van der Waals surface area contributed by atoms with Crippen LogP contribution in [0.1, 0.15) is 30.6 Å². The van der Waals surface area contributed by atoms with E-state index < -0.39 is 0 Å². The molecule has 0 saturated carbocycles. The Balaban J connectivity index is 0.00000210. The van der Waals surface area contributed by atoms with Crippen LogP contribution >= 0.6 is 24.8 Å². The molecule has 1 aliphatic heterocycles. The van der Waals surface area contributed by atoms with Crippen LogP contribution in [0.15, 0.2) is 60.7 Å². The number of hydrogen-bond donors (Lipinski definition) is 1. The van der Waals surface area contributed by atoms with Gasteiger partial charge in [-0.1, -0.05) is 60.7 Å². The Morgan fingerprint density at radius 1 is 0.897 bits per heavy atom. The van der Waals surface area contributed by atoms with Gasteiger partial charge in [0, 0.05) is 45.8 Å². The van der Waals surface area contributed by atoms with Gasteiger partial charge in [0.2, 0.25) is 0 Å². The average molecular weight is 441 g/mol. The molecule has 0 aliphatic carbocycles. The van der Waals surface area contributed by atoms with Gasteiger partial charge in [-0.05, 0) is 24.5 Å². The Labute approximate surface area is 187 Å². The second-order valence-corrected chi connectivity index (χ2v) is 7.19. The summed E-state index contributed by atoms with van der Waals surface area (Å²) in [5.41, 5.74) is 2.33. The van der Waals surface area contributed by atoms with Crippen molar-refractivity contribution in [2.45, 2.75) is 32.1 Å². The summed E-state index contributed by atoms with van der Waals surface area (Å²) in [6.45, 7) is 7.82. The van der Waals surface area contributed by atoms with Crippen molar-refractivity contribution in [3.63, 3.8) is 0 Å². The lowest BCUT2D eigenvalue weighted by atomic mass is 10.1. The van der Waals surface area contributed by atoms with Gasteiger partial charge in [0.05, 0.1) is 6.10 Å². The standard InChI is InChI=1S/C23H32N2O2.2ClH/c1-2-27-23(19-20-9-5-3-6-10-20)25-17-15-24(16-18-25)14-13-22(26)21-11-7-4-8-12-21;;/h3-12,22-23,26H,2,13-19H2,1H3;2*1H. The van der Waals surface area contributed by atoms with Crippen molar-refractivity contribution in [2.75, 3.05) is 39.3 Å². The smallest absolute Gasteiger partial charge is 0.114 e. The number of piperazine rings is 1. The van der Waals surface area contributed by atoms with Crippen molar-refractivity contribution in [1.29, 1.82) is 0 Å². The second-order valence-electron chi connectivity index (χ2n) is 7.19. The molecule has 162 valence electrons. The number of ether oxygens (including phenoxy) is 1. The third-order valence-corrected chi connectivity index (χ3v) is 5.33. The summed E-state index contributed by atoms with van der Waals surface area (Å²) < 4.78 is 6.04. The SMILES string of the molecule is CCOC(Cc1ccccc1)N1CCN(CCC(O)c2ccccc2)CC1.Cl.Cl. The summed E-state index contributed by atoms with van der Waals surface area (Å²) in [6.07, 6.45) is 1.48. The average Bonchev–Trinajstić information content (AvgIpc) is 2.73. The van der Waals surface area contributed by atoms with Crippen molar-refractivity contribution in [1.82, 2.24) is 9.80 Å². The third kappa shape index (κ3) is 8.25. The molecular weight excluding hydrogens is 407 g/mol. The molecule has 2 aromatic carbocycles. The first-order valence-corrected chi connectivity index (χ1v) is 10.1. The van der Waals surface area contributed by atoms with E-state index in [1.807, 2.05) is 30.3 Å². The number of halogens is 2. The predicted octanol–water partition coefficient (Wildman–Crippen LogP) is 4.18. The molecule has 2 aromatic rings. The number of rotatable bonds is 9. The summed E-state index contributed by atoms with van der Waals surface area (Å²) in [4.78, 5) is 4.91. The molecule has 0 aromatic heterocycles. The van der Waals surface area contributed by atoms with Crippen LogP contribution in [0.2, 0.25) is 0 Å². The van der Waals surface area contributed by atoms with Gasteiger partial charge in [-0.15, -0.1) is 24.8 Å². The Morgan fingerprint density at radius 3 is 2.07 bits per heavy atom. The lowest BCUT2D eigenvalue weighted by Crippen LogP contribution is -2.52. The van der Waals surface area contributed by atoms with Crippen LogP contribution in [0, 0.1) is 0 Å². The first-order chi connectivity index (χ1) is 13.3. The van der Waals surface area contributed by atoms with E-state index in [9.17, 15) is 5.11 Å². The molecule has 1 fully saturated rings. The van der Waals surface area contributed by atoms with E-state index in [1.165, 1.54) is 5.56 Å². The number of aliphatic hydroxyl groups excluding tert-OH is 1. The molecular formula is C23H34Cl2N2O2. The maximum atomic E-state index is 10.4. The zero-order valence-electron chi connectivity index (χ0n) is 17.2. The van der Waals surface area contributed by atoms with Gasteiger partial charge in [-0.2, -0.15) is 0 Å². The summed E-state index contributed by atoms with van der Waals surface area (Å²) >= 11 is 0. The molecule has 1 N–H and O–H groups in total. The summed E-state index contributed by atoms with van der Waals surface area (Å²) in [5, 5.41) is 10.4. The largest absolute Gasteiger partial charge is 0.388 e. The van der Waals surface area contributed by atoms with Crippen LogP contribution in [0.3, 0.4) is 0 Å². The zero-order chi connectivity index (χ0) is 18.9. The predicted molar refractivity (Wildman–Crippen MR) is 124 cm³/mol. The molecule has 0 bridgehead atoms. The van der Waals surface area contributed by atoms with E-state index in [0.29, 0.717) is 0 Å².